The van der Waals surface area contributed by atoms with Gasteiger partial charge in [0.15, 0.2) is 28.3 Å². The highest BCUT2D eigenvalue weighted by Gasteiger charge is 2.33. The lowest BCUT2D eigenvalue weighted by atomic mass is 10.1. The monoisotopic (exact) mass is 639 g/mol. The van der Waals surface area contributed by atoms with Gasteiger partial charge in [0, 0.05) is 37.0 Å². The maximum absolute atomic E-state index is 13.8. The SMILES string of the molecule is COc1cc2c(NS(=O)(=O)c3c(OC)cc([C@H]4CCCO4)cc3OC)noc2cc1Nc1cc(C2CC2)n(C2CCCCO2)n1. The van der Waals surface area contributed by atoms with E-state index in [2.05, 4.69) is 21.3 Å². The van der Waals surface area contributed by atoms with E-state index in [9.17, 15) is 8.42 Å². The minimum atomic E-state index is -4.24. The van der Waals surface area contributed by atoms with Gasteiger partial charge in [-0.25, -0.2) is 13.1 Å². The average molecular weight is 640 g/mol. The predicted molar refractivity (Wildman–Crippen MR) is 165 cm³/mol. The molecule has 4 heterocycles. The number of hydrogen-bond acceptors (Lipinski definition) is 11. The Labute approximate surface area is 261 Å². The van der Waals surface area contributed by atoms with Gasteiger partial charge >= 0.3 is 0 Å². The Balaban J connectivity index is 1.18. The first kappa shape index (κ1) is 29.7. The van der Waals surface area contributed by atoms with Gasteiger partial charge in [-0.15, -0.1) is 0 Å². The first-order valence-corrected chi connectivity index (χ1v) is 16.7. The second kappa shape index (κ2) is 12.1. The summed E-state index contributed by atoms with van der Waals surface area (Å²) in [5.41, 5.74) is 2.90. The van der Waals surface area contributed by atoms with Gasteiger partial charge in [-0.05, 0) is 68.7 Å². The number of sulfonamides is 1. The fourth-order valence-electron chi connectivity index (χ4n) is 6.11. The Hall–Kier alpha value is -4.01. The maximum atomic E-state index is 13.8. The number of hydrogen-bond donors (Lipinski definition) is 2. The Morgan fingerprint density at radius 3 is 2.27 bits per heavy atom. The molecule has 2 aliphatic heterocycles. The summed E-state index contributed by atoms with van der Waals surface area (Å²) in [5.74, 6) is 1.86. The van der Waals surface area contributed by atoms with E-state index in [-0.39, 0.29) is 34.5 Å². The Bertz CT molecular complexity index is 1780. The summed E-state index contributed by atoms with van der Waals surface area (Å²) in [4.78, 5) is -0.153. The van der Waals surface area contributed by atoms with Crippen LogP contribution in [0, 0.1) is 0 Å². The van der Waals surface area contributed by atoms with Crippen LogP contribution in [0.15, 0.2) is 39.8 Å². The zero-order chi connectivity index (χ0) is 31.1. The number of ether oxygens (including phenoxy) is 5. The van der Waals surface area contributed by atoms with Crippen LogP contribution in [-0.2, 0) is 19.5 Å². The van der Waals surface area contributed by atoms with Crippen molar-refractivity contribution in [3.8, 4) is 17.2 Å². The third-order valence-electron chi connectivity index (χ3n) is 8.53. The molecule has 0 spiro atoms. The third-order valence-corrected chi connectivity index (χ3v) is 9.93. The molecule has 1 unspecified atom stereocenters. The van der Waals surface area contributed by atoms with E-state index in [1.807, 2.05) is 4.68 Å². The van der Waals surface area contributed by atoms with E-state index >= 15 is 0 Å². The smallest absolute Gasteiger partial charge is 0.270 e. The number of fused-ring (bicyclic) bond motifs is 1. The highest BCUT2D eigenvalue weighted by Crippen LogP contribution is 2.44. The second-order valence-electron chi connectivity index (χ2n) is 11.6. The Kier molecular flexibility index (Phi) is 7.96. The number of benzene rings is 2. The lowest BCUT2D eigenvalue weighted by Gasteiger charge is -2.24. The van der Waals surface area contributed by atoms with E-state index < -0.39 is 10.0 Å². The molecule has 2 atom stereocenters. The standard InChI is InChI=1S/C31H37N5O8S/c1-39-25-15-20-24(16-21(25)32-28-17-22(18-9-10-18)36(33-28)29-8-4-5-11-43-29)44-34-31(20)35-45(37,38)30-26(40-2)13-19(14-27(30)41-3)23-7-6-12-42-23/h13-18,23,29H,4-12H2,1-3H3,(H,32,33)(H,34,35)/t23-,29?/m1/s1. The number of nitrogens with one attached hydrogen (secondary N) is 2. The van der Waals surface area contributed by atoms with Crippen LogP contribution in [0.5, 0.6) is 17.2 Å². The Morgan fingerprint density at radius 1 is 0.867 bits per heavy atom. The molecule has 14 heteroatoms. The first-order valence-electron chi connectivity index (χ1n) is 15.2. The van der Waals surface area contributed by atoms with Crippen molar-refractivity contribution in [1.29, 1.82) is 0 Å². The minimum absolute atomic E-state index is 0.00287. The van der Waals surface area contributed by atoms with E-state index in [1.165, 1.54) is 14.2 Å². The van der Waals surface area contributed by atoms with Gasteiger partial charge in [0.25, 0.3) is 10.0 Å². The van der Waals surface area contributed by atoms with Crippen LogP contribution < -0.4 is 24.2 Å². The van der Waals surface area contributed by atoms with Crippen molar-refractivity contribution in [2.24, 2.45) is 0 Å². The molecule has 45 heavy (non-hydrogen) atoms. The zero-order valence-electron chi connectivity index (χ0n) is 25.5. The average Bonchev–Trinajstić information content (AvgIpc) is 3.41. The molecule has 0 radical (unpaired) electrons. The van der Waals surface area contributed by atoms with Crippen LogP contribution >= 0.6 is 0 Å². The van der Waals surface area contributed by atoms with Crippen LogP contribution in [0.3, 0.4) is 0 Å². The van der Waals surface area contributed by atoms with Gasteiger partial charge in [0.1, 0.15) is 17.2 Å². The molecule has 2 N–H and O–H groups in total. The molecule has 2 aromatic heterocycles. The van der Waals surface area contributed by atoms with Crippen molar-refractivity contribution >= 4 is 38.3 Å². The lowest BCUT2D eigenvalue weighted by Crippen LogP contribution is -2.20. The molecule has 3 fully saturated rings. The number of rotatable bonds is 11. The van der Waals surface area contributed by atoms with Crippen molar-refractivity contribution in [2.45, 2.75) is 68.1 Å². The lowest BCUT2D eigenvalue weighted by molar-refractivity contribution is -0.0409. The summed E-state index contributed by atoms with van der Waals surface area (Å²) in [7, 11) is 0.130. The van der Waals surface area contributed by atoms with Gasteiger partial charge in [-0.3, -0.25) is 4.72 Å². The summed E-state index contributed by atoms with van der Waals surface area (Å²) in [6.07, 6.45) is 6.93. The fraction of sp³-hybridized carbons (Fsp3) is 0.484. The van der Waals surface area contributed by atoms with Crippen molar-refractivity contribution < 1.29 is 36.6 Å². The van der Waals surface area contributed by atoms with E-state index in [1.54, 1.807) is 31.4 Å². The number of nitrogens with zero attached hydrogens (tertiary/aromatic N) is 3. The highest BCUT2D eigenvalue weighted by molar-refractivity contribution is 7.93. The van der Waals surface area contributed by atoms with Crippen LogP contribution in [0.25, 0.3) is 11.0 Å². The number of aromatic nitrogens is 3. The van der Waals surface area contributed by atoms with Gasteiger partial charge in [0.2, 0.25) is 0 Å². The molecule has 2 aromatic carbocycles. The summed E-state index contributed by atoms with van der Waals surface area (Å²) < 4.78 is 66.2. The van der Waals surface area contributed by atoms with Crippen molar-refractivity contribution in [3.63, 3.8) is 0 Å². The van der Waals surface area contributed by atoms with E-state index in [0.717, 1.165) is 62.8 Å². The first-order chi connectivity index (χ1) is 21.9. The topological polar surface area (TPSA) is 148 Å². The predicted octanol–water partition coefficient (Wildman–Crippen LogP) is 6.02. The van der Waals surface area contributed by atoms with Crippen LogP contribution in [0.2, 0.25) is 0 Å². The number of methoxy groups -OCH3 is 3. The fourth-order valence-corrected chi connectivity index (χ4v) is 7.43. The molecule has 2 saturated heterocycles. The molecule has 1 aliphatic carbocycles. The van der Waals surface area contributed by atoms with Gasteiger partial charge in [0.05, 0.1) is 38.5 Å². The van der Waals surface area contributed by atoms with E-state index in [0.29, 0.717) is 40.7 Å². The maximum Gasteiger partial charge on any atom is 0.270 e. The molecular formula is C31H37N5O8S. The molecule has 13 nitrogen and oxygen atoms in total. The minimum Gasteiger partial charge on any atom is -0.495 e. The van der Waals surface area contributed by atoms with Crippen LogP contribution in [-0.4, -0.2) is 57.9 Å². The quantitative estimate of drug-likeness (QED) is 0.198. The van der Waals surface area contributed by atoms with Gasteiger partial charge in [-0.2, -0.15) is 5.10 Å². The van der Waals surface area contributed by atoms with Crippen LogP contribution in [0.4, 0.5) is 17.3 Å². The molecule has 7 rings (SSSR count). The van der Waals surface area contributed by atoms with Crippen LogP contribution in [0.1, 0.15) is 74.5 Å². The van der Waals surface area contributed by atoms with Gasteiger partial charge in [-0.1, -0.05) is 5.16 Å². The molecule has 240 valence electrons. The van der Waals surface area contributed by atoms with Gasteiger partial charge < -0.3 is 33.5 Å². The highest BCUT2D eigenvalue weighted by atomic mass is 32.2. The molecule has 3 aliphatic rings. The van der Waals surface area contributed by atoms with Crippen molar-refractivity contribution in [1.82, 2.24) is 14.9 Å². The van der Waals surface area contributed by atoms with E-state index in [4.69, 9.17) is 33.3 Å². The summed E-state index contributed by atoms with van der Waals surface area (Å²) in [6, 6.07) is 8.79. The molecule has 0 amide bonds. The molecular weight excluding hydrogens is 602 g/mol. The summed E-state index contributed by atoms with van der Waals surface area (Å²) in [6.45, 7) is 1.39. The zero-order valence-corrected chi connectivity index (χ0v) is 26.3. The second-order valence-corrected chi connectivity index (χ2v) is 13.2. The molecule has 1 saturated carbocycles. The largest absolute Gasteiger partial charge is 0.495 e. The molecule has 0 bridgehead atoms. The number of anilines is 3. The summed E-state index contributed by atoms with van der Waals surface area (Å²) >= 11 is 0. The summed E-state index contributed by atoms with van der Waals surface area (Å²) in [5, 5.41) is 12.7. The van der Waals surface area contributed by atoms with Crippen molar-refractivity contribution in [3.05, 3.63) is 41.6 Å². The third kappa shape index (κ3) is 5.77. The Morgan fingerprint density at radius 2 is 1.62 bits per heavy atom. The van der Waals surface area contributed by atoms with Crippen molar-refractivity contribution in [2.75, 3.05) is 44.6 Å². The normalized spacial score (nSPS) is 20.3. The molecule has 4 aromatic rings.